The van der Waals surface area contributed by atoms with E-state index in [1.165, 1.54) is 10.7 Å². The molecule has 0 bridgehead atoms. The minimum Gasteiger partial charge on any atom is -0.444 e. The number of nitrogens with two attached hydrogens (primary N) is 1. The average molecular weight is 417 g/mol. The van der Waals surface area contributed by atoms with Crippen LogP contribution in [0.5, 0.6) is 0 Å². The molecular weight excluding hydrogens is 395 g/mol. The highest BCUT2D eigenvalue weighted by Gasteiger charge is 2.31. The zero-order chi connectivity index (χ0) is 21.1. The molecule has 0 saturated carbocycles. The number of aromatic nitrogens is 2. The summed E-state index contributed by atoms with van der Waals surface area (Å²) in [6.07, 6.45) is -4.53. The summed E-state index contributed by atoms with van der Waals surface area (Å²) < 4.78 is 45.7. The van der Waals surface area contributed by atoms with Crippen molar-refractivity contribution < 1.29 is 22.7 Å². The number of carbonyl (C=O) groups is 1. The van der Waals surface area contributed by atoms with Crippen molar-refractivity contribution in [3.05, 3.63) is 23.8 Å². The Balaban J connectivity index is 2.14. The second-order valence-corrected chi connectivity index (χ2v) is 7.51. The number of amides is 1. The van der Waals surface area contributed by atoms with Gasteiger partial charge >= 0.3 is 12.3 Å². The first-order valence-corrected chi connectivity index (χ1v) is 8.89. The van der Waals surface area contributed by atoms with Crippen molar-refractivity contribution in [3.63, 3.8) is 0 Å². The van der Waals surface area contributed by atoms with E-state index in [0.29, 0.717) is 25.0 Å². The normalized spacial score (nSPS) is 12.1. The number of nitrogens with one attached hydrogen (secondary N) is 2. The highest BCUT2D eigenvalue weighted by molar-refractivity contribution is 7.80. The summed E-state index contributed by atoms with van der Waals surface area (Å²) in [5, 5.41) is 9.63. The van der Waals surface area contributed by atoms with Crippen molar-refractivity contribution in [2.45, 2.75) is 45.5 Å². The van der Waals surface area contributed by atoms with E-state index in [1.807, 2.05) is 0 Å². The van der Waals surface area contributed by atoms with Gasteiger partial charge in [-0.25, -0.2) is 4.79 Å². The Morgan fingerprint density at radius 1 is 1.32 bits per heavy atom. The largest absolute Gasteiger partial charge is 0.444 e. The van der Waals surface area contributed by atoms with Gasteiger partial charge in [0.1, 0.15) is 5.60 Å². The lowest BCUT2D eigenvalue weighted by atomic mass is 10.1. The van der Waals surface area contributed by atoms with E-state index >= 15 is 0 Å². The SMILES string of the molecule is CC(C)(C)OC(=O)NCCCn1nc(NC(N)=S)c2cc(C(F)(F)F)ccc21. The van der Waals surface area contributed by atoms with E-state index < -0.39 is 23.4 Å². The van der Waals surface area contributed by atoms with Crippen LogP contribution in [0.4, 0.5) is 23.8 Å². The van der Waals surface area contributed by atoms with E-state index in [9.17, 15) is 18.0 Å². The molecule has 0 aliphatic heterocycles. The maximum atomic E-state index is 13.0. The van der Waals surface area contributed by atoms with Gasteiger partial charge < -0.3 is 21.1 Å². The second-order valence-electron chi connectivity index (χ2n) is 7.07. The Kier molecular flexibility index (Phi) is 6.37. The van der Waals surface area contributed by atoms with E-state index in [-0.39, 0.29) is 16.3 Å². The third-order valence-electron chi connectivity index (χ3n) is 3.53. The van der Waals surface area contributed by atoms with Gasteiger partial charge in [-0.15, -0.1) is 0 Å². The third-order valence-corrected chi connectivity index (χ3v) is 3.64. The Bertz CT molecular complexity index is 874. The minimum atomic E-state index is -4.48. The molecule has 1 amide bonds. The van der Waals surface area contributed by atoms with Crippen molar-refractivity contribution in [2.24, 2.45) is 5.73 Å². The number of hydrogen-bond acceptors (Lipinski definition) is 4. The van der Waals surface area contributed by atoms with Gasteiger partial charge in [0.2, 0.25) is 0 Å². The molecule has 154 valence electrons. The molecule has 0 spiro atoms. The number of rotatable bonds is 5. The molecular formula is C17H22F3N5O2S. The van der Waals surface area contributed by atoms with Crippen LogP contribution in [0.15, 0.2) is 18.2 Å². The van der Waals surface area contributed by atoms with Crippen LogP contribution in [-0.2, 0) is 17.5 Å². The van der Waals surface area contributed by atoms with E-state index in [2.05, 4.69) is 15.7 Å². The van der Waals surface area contributed by atoms with Crippen molar-refractivity contribution >= 4 is 40.1 Å². The van der Waals surface area contributed by atoms with Gasteiger partial charge in [0.15, 0.2) is 10.9 Å². The van der Waals surface area contributed by atoms with Crippen molar-refractivity contribution in [3.8, 4) is 0 Å². The molecule has 7 nitrogen and oxygen atoms in total. The number of benzene rings is 1. The number of hydrogen-bond donors (Lipinski definition) is 3. The lowest BCUT2D eigenvalue weighted by Gasteiger charge is -2.19. The van der Waals surface area contributed by atoms with Crippen molar-refractivity contribution in [1.82, 2.24) is 15.1 Å². The molecule has 0 aliphatic rings. The number of alkyl carbamates (subject to hydrolysis) is 1. The molecule has 2 aromatic rings. The van der Waals surface area contributed by atoms with Crippen molar-refractivity contribution in [2.75, 3.05) is 11.9 Å². The predicted molar refractivity (Wildman–Crippen MR) is 104 cm³/mol. The van der Waals surface area contributed by atoms with Crippen LogP contribution in [0, 0.1) is 0 Å². The fourth-order valence-corrected chi connectivity index (χ4v) is 2.57. The van der Waals surface area contributed by atoms with Crippen LogP contribution in [0.1, 0.15) is 32.8 Å². The average Bonchev–Trinajstić information content (AvgIpc) is 2.86. The summed E-state index contributed by atoms with van der Waals surface area (Å²) in [5.41, 5.74) is 4.54. The maximum absolute atomic E-state index is 13.0. The highest BCUT2D eigenvalue weighted by atomic mass is 32.1. The maximum Gasteiger partial charge on any atom is 0.416 e. The number of nitrogens with zero attached hydrogens (tertiary/aromatic N) is 2. The predicted octanol–water partition coefficient (Wildman–Crippen LogP) is 3.63. The molecule has 0 saturated heterocycles. The molecule has 0 atom stereocenters. The Morgan fingerprint density at radius 2 is 2.00 bits per heavy atom. The molecule has 28 heavy (non-hydrogen) atoms. The van der Waals surface area contributed by atoms with Gasteiger partial charge in [-0.3, -0.25) is 4.68 Å². The smallest absolute Gasteiger partial charge is 0.416 e. The van der Waals surface area contributed by atoms with Gasteiger partial charge in [-0.1, -0.05) is 0 Å². The minimum absolute atomic E-state index is 0.101. The molecule has 1 aromatic carbocycles. The van der Waals surface area contributed by atoms with Crippen LogP contribution in [0.3, 0.4) is 0 Å². The van der Waals surface area contributed by atoms with Gasteiger partial charge in [0, 0.05) is 18.5 Å². The molecule has 1 heterocycles. The van der Waals surface area contributed by atoms with Crippen LogP contribution in [0.2, 0.25) is 0 Å². The van der Waals surface area contributed by atoms with Crippen molar-refractivity contribution in [1.29, 1.82) is 0 Å². The first-order chi connectivity index (χ1) is 12.9. The zero-order valence-corrected chi connectivity index (χ0v) is 16.5. The van der Waals surface area contributed by atoms with E-state index in [0.717, 1.165) is 12.1 Å². The summed E-state index contributed by atoms with van der Waals surface area (Å²) in [4.78, 5) is 11.6. The fourth-order valence-electron chi connectivity index (χ4n) is 2.47. The molecule has 11 heteroatoms. The Morgan fingerprint density at radius 3 is 2.57 bits per heavy atom. The number of thiocarbonyl (C=S) groups is 1. The van der Waals surface area contributed by atoms with Gasteiger partial charge in [-0.05, 0) is 57.6 Å². The topological polar surface area (TPSA) is 94.2 Å². The molecule has 0 aliphatic carbocycles. The van der Waals surface area contributed by atoms with Crippen LogP contribution < -0.4 is 16.4 Å². The number of ether oxygens (including phenoxy) is 1. The molecule has 2 rings (SSSR count). The number of anilines is 1. The monoisotopic (exact) mass is 417 g/mol. The quantitative estimate of drug-likeness (QED) is 0.508. The summed E-state index contributed by atoms with van der Waals surface area (Å²) >= 11 is 4.77. The lowest BCUT2D eigenvalue weighted by Crippen LogP contribution is -2.33. The van der Waals surface area contributed by atoms with E-state index in [1.54, 1.807) is 20.8 Å². The fraction of sp³-hybridized carbons (Fsp3) is 0.471. The number of halogens is 3. The highest BCUT2D eigenvalue weighted by Crippen LogP contribution is 2.33. The van der Waals surface area contributed by atoms with Gasteiger partial charge in [0.25, 0.3) is 0 Å². The zero-order valence-electron chi connectivity index (χ0n) is 15.7. The first-order valence-electron chi connectivity index (χ1n) is 8.48. The molecule has 0 fully saturated rings. The molecule has 4 N–H and O–H groups in total. The Hall–Kier alpha value is -2.56. The summed E-state index contributed by atoms with van der Waals surface area (Å²) in [7, 11) is 0. The van der Waals surface area contributed by atoms with Crippen LogP contribution >= 0.6 is 12.2 Å². The summed E-state index contributed by atoms with van der Waals surface area (Å²) in [5.74, 6) is 0.147. The second kappa shape index (κ2) is 8.21. The molecule has 0 unspecified atom stereocenters. The van der Waals surface area contributed by atoms with Crippen LogP contribution in [0.25, 0.3) is 10.9 Å². The van der Waals surface area contributed by atoms with Gasteiger partial charge in [0.05, 0.1) is 11.1 Å². The standard InChI is InChI=1S/C17H22F3N5O2S/c1-16(2,3)27-15(26)22-7-4-8-25-12-6-5-10(17(18,19)20)9-11(12)13(24-25)23-14(21)28/h5-6,9H,4,7-8H2,1-3H3,(H,22,26)(H3,21,23,24,28). The summed E-state index contributed by atoms with van der Waals surface area (Å²) in [6, 6.07) is 3.33. The molecule has 1 aromatic heterocycles. The molecule has 0 radical (unpaired) electrons. The third kappa shape index (κ3) is 5.98. The lowest BCUT2D eigenvalue weighted by molar-refractivity contribution is -0.137. The number of alkyl halides is 3. The number of aryl methyl sites for hydroxylation is 1. The van der Waals surface area contributed by atoms with Gasteiger partial charge in [-0.2, -0.15) is 18.3 Å². The number of fused-ring (bicyclic) bond motifs is 1. The van der Waals surface area contributed by atoms with Crippen LogP contribution in [-0.4, -0.2) is 33.1 Å². The number of carbonyl (C=O) groups excluding carboxylic acids is 1. The first kappa shape index (κ1) is 21.7. The Labute approximate surface area is 165 Å². The van der Waals surface area contributed by atoms with E-state index in [4.69, 9.17) is 22.7 Å². The summed E-state index contributed by atoms with van der Waals surface area (Å²) in [6.45, 7) is 5.95.